The predicted octanol–water partition coefficient (Wildman–Crippen LogP) is -0.966. The summed E-state index contributed by atoms with van der Waals surface area (Å²) < 4.78 is 0. The molecule has 4 N–H and O–H groups in total. The first kappa shape index (κ1) is 10.6. The van der Waals surface area contributed by atoms with Crippen LogP contribution < -0.4 is 5.73 Å². The van der Waals surface area contributed by atoms with Gasteiger partial charge in [-0.15, -0.1) is 0 Å². The SMILES string of the molecule is CC(O)C(O)C(C)(N)CC=O. The Labute approximate surface area is 66.0 Å². The van der Waals surface area contributed by atoms with Crippen LogP contribution in [0.25, 0.3) is 0 Å². The Hall–Kier alpha value is -0.450. The van der Waals surface area contributed by atoms with Crippen LogP contribution in [0.4, 0.5) is 0 Å². The van der Waals surface area contributed by atoms with Gasteiger partial charge in [-0.25, -0.2) is 0 Å². The highest BCUT2D eigenvalue weighted by atomic mass is 16.3. The normalized spacial score (nSPS) is 21.9. The van der Waals surface area contributed by atoms with Crippen LogP contribution in [-0.4, -0.2) is 34.2 Å². The number of hydrogen-bond donors (Lipinski definition) is 3. The summed E-state index contributed by atoms with van der Waals surface area (Å²) in [4.78, 5) is 10.1. The molecule has 0 fully saturated rings. The molecule has 0 aromatic carbocycles. The van der Waals surface area contributed by atoms with Gasteiger partial charge in [-0.05, 0) is 13.8 Å². The van der Waals surface area contributed by atoms with E-state index in [2.05, 4.69) is 0 Å². The molecule has 4 heteroatoms. The van der Waals surface area contributed by atoms with Crippen molar-refractivity contribution in [3.8, 4) is 0 Å². The van der Waals surface area contributed by atoms with E-state index in [0.717, 1.165) is 0 Å². The molecule has 0 aromatic rings. The molecule has 0 rings (SSSR count). The van der Waals surface area contributed by atoms with Crippen LogP contribution in [0, 0.1) is 0 Å². The molecule has 0 radical (unpaired) electrons. The number of carbonyl (C=O) groups excluding carboxylic acids is 1. The average molecular weight is 161 g/mol. The molecule has 0 aliphatic rings. The summed E-state index contributed by atoms with van der Waals surface area (Å²) in [6, 6.07) is 0. The highest BCUT2D eigenvalue weighted by Crippen LogP contribution is 2.12. The third-order valence-electron chi connectivity index (χ3n) is 1.66. The monoisotopic (exact) mass is 161 g/mol. The minimum absolute atomic E-state index is 0.0407. The van der Waals surface area contributed by atoms with Gasteiger partial charge < -0.3 is 20.7 Å². The molecule has 0 saturated carbocycles. The van der Waals surface area contributed by atoms with Gasteiger partial charge in [0.25, 0.3) is 0 Å². The van der Waals surface area contributed by atoms with Crippen LogP contribution in [0.1, 0.15) is 20.3 Å². The fourth-order valence-electron chi connectivity index (χ4n) is 0.851. The van der Waals surface area contributed by atoms with Gasteiger partial charge in [-0.1, -0.05) is 0 Å². The summed E-state index contributed by atoms with van der Waals surface area (Å²) in [5.41, 5.74) is 4.50. The zero-order chi connectivity index (χ0) is 9.07. The van der Waals surface area contributed by atoms with E-state index in [1.54, 1.807) is 0 Å². The number of carbonyl (C=O) groups is 1. The van der Waals surface area contributed by atoms with Crippen molar-refractivity contribution in [2.45, 2.75) is 38.0 Å². The summed E-state index contributed by atoms with van der Waals surface area (Å²) in [5.74, 6) is 0. The number of aliphatic hydroxyl groups is 2. The van der Waals surface area contributed by atoms with E-state index >= 15 is 0 Å². The van der Waals surface area contributed by atoms with Gasteiger partial charge >= 0.3 is 0 Å². The Balaban J connectivity index is 4.15. The third kappa shape index (κ3) is 2.96. The van der Waals surface area contributed by atoms with Crippen molar-refractivity contribution in [3.63, 3.8) is 0 Å². The van der Waals surface area contributed by atoms with E-state index in [9.17, 15) is 9.90 Å². The van der Waals surface area contributed by atoms with E-state index in [-0.39, 0.29) is 6.42 Å². The average Bonchev–Trinajstić information content (AvgIpc) is 1.86. The van der Waals surface area contributed by atoms with Crippen molar-refractivity contribution >= 4 is 6.29 Å². The Kier molecular flexibility index (Phi) is 3.65. The molecule has 0 bridgehead atoms. The molecule has 0 aliphatic heterocycles. The van der Waals surface area contributed by atoms with Crippen LogP contribution in [0.3, 0.4) is 0 Å². The molecule has 0 saturated heterocycles. The Morgan fingerprint density at radius 1 is 1.64 bits per heavy atom. The largest absolute Gasteiger partial charge is 0.391 e. The second-order valence-electron chi connectivity index (χ2n) is 3.06. The van der Waals surface area contributed by atoms with Crippen LogP contribution in [-0.2, 0) is 4.79 Å². The van der Waals surface area contributed by atoms with Crippen LogP contribution in [0.5, 0.6) is 0 Å². The minimum atomic E-state index is -1.06. The smallest absolute Gasteiger partial charge is 0.121 e. The second-order valence-corrected chi connectivity index (χ2v) is 3.06. The summed E-state index contributed by atoms with van der Waals surface area (Å²) >= 11 is 0. The molecular weight excluding hydrogens is 146 g/mol. The maximum atomic E-state index is 10.1. The maximum absolute atomic E-state index is 10.1. The lowest BCUT2D eigenvalue weighted by molar-refractivity contribution is -0.110. The summed E-state index contributed by atoms with van der Waals surface area (Å²) in [5, 5.41) is 18.2. The minimum Gasteiger partial charge on any atom is -0.391 e. The molecule has 3 atom stereocenters. The van der Waals surface area contributed by atoms with Crippen molar-refractivity contribution in [2.24, 2.45) is 5.73 Å². The van der Waals surface area contributed by atoms with Crippen molar-refractivity contribution in [1.82, 2.24) is 0 Å². The molecule has 3 unspecified atom stereocenters. The number of rotatable bonds is 4. The van der Waals surface area contributed by atoms with E-state index in [0.29, 0.717) is 6.29 Å². The van der Waals surface area contributed by atoms with E-state index in [4.69, 9.17) is 10.8 Å². The topological polar surface area (TPSA) is 83.6 Å². The Morgan fingerprint density at radius 3 is 2.36 bits per heavy atom. The first-order valence-electron chi connectivity index (χ1n) is 3.50. The molecule has 11 heavy (non-hydrogen) atoms. The highest BCUT2D eigenvalue weighted by molar-refractivity contribution is 5.51. The van der Waals surface area contributed by atoms with Crippen molar-refractivity contribution in [1.29, 1.82) is 0 Å². The van der Waals surface area contributed by atoms with Gasteiger partial charge in [0.15, 0.2) is 0 Å². The first-order chi connectivity index (χ1) is 4.91. The molecule has 0 amide bonds. The van der Waals surface area contributed by atoms with Gasteiger partial charge in [-0.2, -0.15) is 0 Å². The van der Waals surface area contributed by atoms with Gasteiger partial charge in [0, 0.05) is 12.0 Å². The fourth-order valence-corrected chi connectivity index (χ4v) is 0.851. The molecule has 0 spiro atoms. The zero-order valence-electron chi connectivity index (χ0n) is 6.82. The summed E-state index contributed by atoms with van der Waals surface area (Å²) in [6.45, 7) is 2.96. The quantitative estimate of drug-likeness (QED) is 0.463. The maximum Gasteiger partial charge on any atom is 0.121 e. The van der Waals surface area contributed by atoms with Crippen LogP contribution >= 0.6 is 0 Å². The number of aldehydes is 1. The highest BCUT2D eigenvalue weighted by Gasteiger charge is 2.31. The van der Waals surface area contributed by atoms with Crippen LogP contribution in [0.2, 0.25) is 0 Å². The molecule has 0 aliphatic carbocycles. The lowest BCUT2D eigenvalue weighted by Crippen LogP contribution is -2.53. The standard InChI is InChI=1S/C7H15NO3/c1-5(10)6(11)7(2,8)3-4-9/h4-6,10-11H,3,8H2,1-2H3. The van der Waals surface area contributed by atoms with E-state index in [1.165, 1.54) is 13.8 Å². The van der Waals surface area contributed by atoms with Crippen molar-refractivity contribution in [3.05, 3.63) is 0 Å². The first-order valence-corrected chi connectivity index (χ1v) is 3.50. The van der Waals surface area contributed by atoms with Gasteiger partial charge in [0.1, 0.15) is 6.29 Å². The van der Waals surface area contributed by atoms with Crippen LogP contribution in [0.15, 0.2) is 0 Å². The summed E-state index contributed by atoms with van der Waals surface area (Å²) in [6.07, 6.45) is -1.30. The molecule has 0 heterocycles. The lowest BCUT2D eigenvalue weighted by Gasteiger charge is -2.30. The molecule has 66 valence electrons. The Bertz CT molecular complexity index is 134. The van der Waals surface area contributed by atoms with Gasteiger partial charge in [0.05, 0.1) is 12.2 Å². The lowest BCUT2D eigenvalue weighted by atomic mass is 9.90. The molecule has 4 nitrogen and oxygen atoms in total. The molecule has 0 aromatic heterocycles. The van der Waals surface area contributed by atoms with Crippen molar-refractivity contribution in [2.75, 3.05) is 0 Å². The molecular formula is C7H15NO3. The van der Waals surface area contributed by atoms with Crippen molar-refractivity contribution < 1.29 is 15.0 Å². The van der Waals surface area contributed by atoms with Gasteiger partial charge in [0.2, 0.25) is 0 Å². The van der Waals surface area contributed by atoms with E-state index in [1.807, 2.05) is 0 Å². The van der Waals surface area contributed by atoms with Gasteiger partial charge in [-0.3, -0.25) is 0 Å². The van der Waals surface area contributed by atoms with E-state index < -0.39 is 17.7 Å². The number of hydrogen-bond acceptors (Lipinski definition) is 4. The predicted molar refractivity (Wildman–Crippen MR) is 41.0 cm³/mol. The third-order valence-corrected chi connectivity index (χ3v) is 1.66. The number of nitrogens with two attached hydrogens (primary N) is 1. The second kappa shape index (κ2) is 3.80. The zero-order valence-corrected chi connectivity index (χ0v) is 6.82. The number of aliphatic hydroxyl groups excluding tert-OH is 2. The Morgan fingerprint density at radius 2 is 2.09 bits per heavy atom. The summed E-state index contributed by atoms with van der Waals surface area (Å²) in [7, 11) is 0. The fraction of sp³-hybridized carbons (Fsp3) is 0.857.